The molecular weight excluding hydrogens is 128 g/mol. The average Bonchev–Trinajstić information content (AvgIpc) is 2.05. The molecule has 3 heteroatoms. The first-order valence-corrected chi connectivity index (χ1v) is 2.69. The summed E-state index contributed by atoms with van der Waals surface area (Å²) < 4.78 is 4.76. The van der Waals surface area contributed by atoms with E-state index in [9.17, 15) is 0 Å². The second-order valence-electron chi connectivity index (χ2n) is 1.64. The van der Waals surface area contributed by atoms with Gasteiger partial charge in [0.1, 0.15) is 0 Å². The van der Waals surface area contributed by atoms with Crippen LogP contribution in [0.1, 0.15) is 5.56 Å². The summed E-state index contributed by atoms with van der Waals surface area (Å²) in [5.41, 5.74) is 0.506. The van der Waals surface area contributed by atoms with Crippen molar-refractivity contribution in [3.63, 3.8) is 0 Å². The first-order chi connectivity index (χ1) is 4.86. The maximum absolute atomic E-state index is 8.40. The van der Waals surface area contributed by atoms with E-state index in [4.69, 9.17) is 10.00 Å². The Kier molecular flexibility index (Phi) is 1.86. The van der Waals surface area contributed by atoms with Crippen molar-refractivity contribution >= 4 is 0 Å². The van der Waals surface area contributed by atoms with Gasteiger partial charge in [-0.2, -0.15) is 5.26 Å². The predicted molar refractivity (Wildman–Crippen MR) is 34.3 cm³/mol. The van der Waals surface area contributed by atoms with E-state index in [2.05, 4.69) is 11.2 Å². The molecule has 1 rings (SSSR count). The molecule has 1 heterocycles. The number of methoxy groups -OCH3 is 1. The van der Waals surface area contributed by atoms with Crippen molar-refractivity contribution in [3.8, 4) is 11.9 Å². The number of rotatable bonds is 1. The third-order valence-electron chi connectivity index (χ3n) is 1.01. The van der Waals surface area contributed by atoms with Gasteiger partial charge in [-0.05, 0) is 6.07 Å². The van der Waals surface area contributed by atoms with Crippen LogP contribution in [0.25, 0.3) is 0 Å². The lowest BCUT2D eigenvalue weighted by molar-refractivity contribution is 0.397. The first kappa shape index (κ1) is 6.56. The Morgan fingerprint density at radius 3 is 3.20 bits per heavy atom. The van der Waals surface area contributed by atoms with Gasteiger partial charge < -0.3 is 4.74 Å². The SMILES string of the molecule is COc1cc(C#N)c[c]n1. The highest BCUT2D eigenvalue weighted by atomic mass is 16.5. The lowest BCUT2D eigenvalue weighted by Crippen LogP contribution is -1.86. The van der Waals surface area contributed by atoms with Gasteiger partial charge in [-0.25, -0.2) is 4.98 Å². The minimum absolute atomic E-state index is 0.416. The number of hydrogen-bond acceptors (Lipinski definition) is 3. The fourth-order valence-corrected chi connectivity index (χ4v) is 0.542. The standard InChI is InChI=1S/C7H5N2O/c1-10-7-4-6(5-8)2-3-9-7/h2,4H,1H3. The Labute approximate surface area is 58.9 Å². The van der Waals surface area contributed by atoms with E-state index >= 15 is 0 Å². The summed E-state index contributed by atoms with van der Waals surface area (Å²) in [4.78, 5) is 3.71. The Bertz CT molecular complexity index is 265. The summed E-state index contributed by atoms with van der Waals surface area (Å²) in [5, 5.41) is 8.40. The molecule has 0 aliphatic carbocycles. The van der Waals surface area contributed by atoms with Crippen LogP contribution in [-0.2, 0) is 0 Å². The Hall–Kier alpha value is -1.56. The minimum Gasteiger partial charge on any atom is -0.481 e. The minimum atomic E-state index is 0.416. The van der Waals surface area contributed by atoms with E-state index in [1.54, 1.807) is 6.07 Å². The number of nitrogens with zero attached hydrogens (tertiary/aromatic N) is 2. The van der Waals surface area contributed by atoms with Gasteiger partial charge in [0.25, 0.3) is 0 Å². The molecule has 1 aromatic rings. The van der Waals surface area contributed by atoms with Gasteiger partial charge in [0, 0.05) is 6.07 Å². The van der Waals surface area contributed by atoms with Crippen LogP contribution in [0.3, 0.4) is 0 Å². The monoisotopic (exact) mass is 133 g/mol. The fourth-order valence-electron chi connectivity index (χ4n) is 0.542. The Morgan fingerprint density at radius 2 is 2.60 bits per heavy atom. The highest BCUT2D eigenvalue weighted by Crippen LogP contribution is 2.05. The average molecular weight is 133 g/mol. The van der Waals surface area contributed by atoms with Crippen molar-refractivity contribution in [2.45, 2.75) is 0 Å². The molecule has 0 saturated heterocycles. The Morgan fingerprint density at radius 1 is 1.80 bits per heavy atom. The van der Waals surface area contributed by atoms with E-state index in [1.807, 2.05) is 6.07 Å². The molecule has 0 saturated carbocycles. The number of aromatic nitrogens is 1. The molecule has 0 N–H and O–H groups in total. The summed E-state index contributed by atoms with van der Waals surface area (Å²) in [6.45, 7) is 0. The summed E-state index contributed by atoms with van der Waals surface area (Å²) in [6.07, 6.45) is 2.53. The van der Waals surface area contributed by atoms with E-state index in [0.29, 0.717) is 11.4 Å². The summed E-state index contributed by atoms with van der Waals surface area (Å²) in [7, 11) is 1.50. The van der Waals surface area contributed by atoms with Crippen molar-refractivity contribution in [2.75, 3.05) is 7.11 Å². The quantitative estimate of drug-likeness (QED) is 0.568. The topological polar surface area (TPSA) is 45.9 Å². The fraction of sp³-hybridized carbons (Fsp3) is 0.143. The Balaban J connectivity index is 3.01. The molecule has 0 spiro atoms. The van der Waals surface area contributed by atoms with E-state index in [-0.39, 0.29) is 0 Å². The van der Waals surface area contributed by atoms with Gasteiger partial charge >= 0.3 is 0 Å². The molecule has 0 amide bonds. The molecule has 0 aliphatic heterocycles. The smallest absolute Gasteiger partial charge is 0.214 e. The van der Waals surface area contributed by atoms with Crippen LogP contribution in [0.2, 0.25) is 0 Å². The van der Waals surface area contributed by atoms with Crippen molar-refractivity contribution in [1.29, 1.82) is 5.26 Å². The molecule has 0 bridgehead atoms. The van der Waals surface area contributed by atoms with Gasteiger partial charge in [0.15, 0.2) is 0 Å². The number of ether oxygens (including phenoxy) is 1. The third-order valence-corrected chi connectivity index (χ3v) is 1.01. The molecule has 1 aromatic heterocycles. The summed E-state index contributed by atoms with van der Waals surface area (Å²) in [5.74, 6) is 0.416. The van der Waals surface area contributed by atoms with Gasteiger partial charge in [-0.3, -0.25) is 0 Å². The predicted octanol–water partition coefficient (Wildman–Crippen LogP) is 0.762. The molecular formula is C7H5N2O. The zero-order valence-electron chi connectivity index (χ0n) is 5.46. The van der Waals surface area contributed by atoms with E-state index < -0.39 is 0 Å². The molecule has 0 unspecified atom stereocenters. The van der Waals surface area contributed by atoms with Crippen molar-refractivity contribution in [3.05, 3.63) is 23.9 Å². The maximum Gasteiger partial charge on any atom is 0.214 e. The highest BCUT2D eigenvalue weighted by molar-refractivity contribution is 5.30. The largest absolute Gasteiger partial charge is 0.481 e. The van der Waals surface area contributed by atoms with Crippen LogP contribution < -0.4 is 4.74 Å². The van der Waals surface area contributed by atoms with Crippen molar-refractivity contribution < 1.29 is 4.74 Å². The van der Waals surface area contributed by atoms with E-state index in [1.165, 1.54) is 13.2 Å². The molecule has 3 nitrogen and oxygen atoms in total. The van der Waals surface area contributed by atoms with Gasteiger partial charge in [-0.1, -0.05) is 0 Å². The van der Waals surface area contributed by atoms with Crippen LogP contribution in [0.5, 0.6) is 5.88 Å². The second kappa shape index (κ2) is 2.83. The lowest BCUT2D eigenvalue weighted by atomic mass is 10.3. The zero-order valence-corrected chi connectivity index (χ0v) is 5.46. The normalized spacial score (nSPS) is 8.40. The number of nitriles is 1. The molecule has 1 radical (unpaired) electrons. The summed E-state index contributed by atoms with van der Waals surface area (Å²) >= 11 is 0. The zero-order chi connectivity index (χ0) is 7.40. The first-order valence-electron chi connectivity index (χ1n) is 2.69. The summed E-state index contributed by atoms with van der Waals surface area (Å²) in [6, 6.07) is 5.00. The number of hydrogen-bond donors (Lipinski definition) is 0. The van der Waals surface area contributed by atoms with Crippen LogP contribution in [0, 0.1) is 17.5 Å². The van der Waals surface area contributed by atoms with Crippen LogP contribution in [0.4, 0.5) is 0 Å². The van der Waals surface area contributed by atoms with Crippen molar-refractivity contribution in [2.24, 2.45) is 0 Å². The molecule has 49 valence electrons. The molecule has 0 atom stereocenters. The molecule has 10 heavy (non-hydrogen) atoms. The molecule has 0 fully saturated rings. The number of pyridine rings is 1. The molecule has 0 aliphatic rings. The second-order valence-corrected chi connectivity index (χ2v) is 1.64. The van der Waals surface area contributed by atoms with Gasteiger partial charge in [-0.15, -0.1) is 0 Å². The van der Waals surface area contributed by atoms with E-state index in [0.717, 1.165) is 0 Å². The van der Waals surface area contributed by atoms with Gasteiger partial charge in [0.05, 0.1) is 24.9 Å². The van der Waals surface area contributed by atoms with Crippen molar-refractivity contribution in [1.82, 2.24) is 4.98 Å². The highest BCUT2D eigenvalue weighted by Gasteiger charge is 1.93. The third kappa shape index (κ3) is 1.23. The van der Waals surface area contributed by atoms with Crippen LogP contribution in [0.15, 0.2) is 12.1 Å². The van der Waals surface area contributed by atoms with Crippen LogP contribution in [-0.4, -0.2) is 12.1 Å². The van der Waals surface area contributed by atoms with Gasteiger partial charge in [0.2, 0.25) is 5.88 Å². The van der Waals surface area contributed by atoms with Crippen LogP contribution >= 0.6 is 0 Å². The lowest BCUT2D eigenvalue weighted by Gasteiger charge is -1.94. The maximum atomic E-state index is 8.40. The molecule has 0 aromatic carbocycles.